The van der Waals surface area contributed by atoms with Crippen molar-refractivity contribution in [3.8, 4) is 0 Å². The predicted molar refractivity (Wildman–Crippen MR) is 87.3 cm³/mol. The van der Waals surface area contributed by atoms with Crippen molar-refractivity contribution < 1.29 is 18.3 Å². The molecular weight excluding hydrogens is 324 g/mol. The number of alkyl halides is 2. The molecule has 23 heavy (non-hydrogen) atoms. The summed E-state index contributed by atoms with van der Waals surface area (Å²) >= 11 is 0.891. The molecule has 0 fully saturated rings. The fourth-order valence-electron chi connectivity index (χ4n) is 2.00. The molecule has 2 N–H and O–H groups in total. The zero-order chi connectivity index (χ0) is 16.7. The Bertz CT molecular complexity index is 649. The molecule has 0 unspecified atom stereocenters. The topological polar surface area (TPSA) is 63.2 Å². The third kappa shape index (κ3) is 5.11. The van der Waals surface area contributed by atoms with E-state index in [9.17, 15) is 13.6 Å². The van der Waals surface area contributed by atoms with E-state index in [-0.39, 0.29) is 11.0 Å². The van der Waals surface area contributed by atoms with Crippen LogP contribution in [0.1, 0.15) is 31.2 Å². The molecular formula is C15H19F2N3O2S. The zero-order valence-corrected chi connectivity index (χ0v) is 13.6. The molecule has 126 valence electrons. The molecule has 1 heterocycles. The van der Waals surface area contributed by atoms with Crippen molar-refractivity contribution in [2.45, 2.75) is 26.2 Å². The summed E-state index contributed by atoms with van der Waals surface area (Å²) in [6.45, 7) is 3.83. The number of nitrogens with zero attached hydrogens (tertiary/aromatic N) is 1. The summed E-state index contributed by atoms with van der Waals surface area (Å²) in [5, 5.41) is 5.17. The van der Waals surface area contributed by atoms with Crippen LogP contribution in [-0.4, -0.2) is 30.8 Å². The minimum Gasteiger partial charge on any atom is -0.382 e. The van der Waals surface area contributed by atoms with Gasteiger partial charge >= 0.3 is 6.03 Å². The van der Waals surface area contributed by atoms with Crippen molar-refractivity contribution in [1.29, 1.82) is 0 Å². The molecule has 0 atom stereocenters. The maximum Gasteiger partial charge on any atom is 0.319 e. The van der Waals surface area contributed by atoms with Gasteiger partial charge in [0.05, 0.1) is 15.9 Å². The van der Waals surface area contributed by atoms with Gasteiger partial charge in [0, 0.05) is 19.8 Å². The van der Waals surface area contributed by atoms with Gasteiger partial charge in [0.15, 0.2) is 5.01 Å². The van der Waals surface area contributed by atoms with Crippen LogP contribution in [0.2, 0.25) is 0 Å². The van der Waals surface area contributed by atoms with Crippen LogP contribution in [-0.2, 0) is 4.74 Å². The number of unbranched alkanes of at least 4 members (excludes halogenated alkanes) is 1. The molecule has 0 saturated heterocycles. The Balaban J connectivity index is 1.89. The first kappa shape index (κ1) is 17.6. The van der Waals surface area contributed by atoms with Gasteiger partial charge in [-0.3, -0.25) is 0 Å². The molecule has 0 radical (unpaired) electrons. The number of aromatic nitrogens is 1. The number of fused-ring (bicyclic) bond motifs is 1. The third-order valence-electron chi connectivity index (χ3n) is 3.07. The number of anilines is 1. The Labute approximate surface area is 137 Å². The van der Waals surface area contributed by atoms with Gasteiger partial charge in [-0.1, -0.05) is 6.07 Å². The summed E-state index contributed by atoms with van der Waals surface area (Å²) in [6, 6.07) is 4.63. The lowest BCUT2D eigenvalue weighted by Crippen LogP contribution is -2.29. The van der Waals surface area contributed by atoms with E-state index >= 15 is 0 Å². The molecule has 0 aliphatic heterocycles. The van der Waals surface area contributed by atoms with E-state index in [0.29, 0.717) is 35.7 Å². The summed E-state index contributed by atoms with van der Waals surface area (Å²) in [4.78, 5) is 15.7. The van der Waals surface area contributed by atoms with Crippen molar-refractivity contribution in [2.75, 3.05) is 25.1 Å². The van der Waals surface area contributed by atoms with Gasteiger partial charge in [-0.05, 0) is 31.9 Å². The molecule has 0 aliphatic carbocycles. The van der Waals surface area contributed by atoms with Crippen LogP contribution in [0.5, 0.6) is 0 Å². The second-order valence-corrected chi connectivity index (χ2v) is 5.82. The molecule has 5 nitrogen and oxygen atoms in total. The Morgan fingerprint density at radius 3 is 2.96 bits per heavy atom. The maximum absolute atomic E-state index is 12.7. The number of halogens is 2. The minimum absolute atomic E-state index is 0.245. The second kappa shape index (κ2) is 8.73. The van der Waals surface area contributed by atoms with Crippen LogP contribution in [0, 0.1) is 0 Å². The van der Waals surface area contributed by atoms with Crippen LogP contribution in [0.4, 0.5) is 19.3 Å². The highest BCUT2D eigenvalue weighted by Gasteiger charge is 2.16. The first-order valence-corrected chi connectivity index (χ1v) is 8.23. The number of urea groups is 1. The highest BCUT2D eigenvalue weighted by Crippen LogP contribution is 2.33. The molecule has 2 rings (SSSR count). The maximum atomic E-state index is 12.7. The SMILES string of the molecule is CCOCCCCNC(=O)Nc1cccc2nc(C(F)F)sc12. The van der Waals surface area contributed by atoms with E-state index in [2.05, 4.69) is 15.6 Å². The summed E-state index contributed by atoms with van der Waals surface area (Å²) < 4.78 is 31.2. The predicted octanol–water partition coefficient (Wildman–Crippen LogP) is 4.17. The number of carbonyl (C=O) groups is 1. The fraction of sp³-hybridized carbons (Fsp3) is 0.467. The lowest BCUT2D eigenvalue weighted by atomic mass is 10.3. The van der Waals surface area contributed by atoms with E-state index in [1.807, 2.05) is 6.92 Å². The van der Waals surface area contributed by atoms with Crippen molar-refractivity contribution >= 4 is 33.3 Å². The van der Waals surface area contributed by atoms with E-state index in [4.69, 9.17) is 4.74 Å². The monoisotopic (exact) mass is 343 g/mol. The van der Waals surface area contributed by atoms with E-state index < -0.39 is 6.43 Å². The molecule has 1 aromatic carbocycles. The smallest absolute Gasteiger partial charge is 0.319 e. The van der Waals surface area contributed by atoms with Gasteiger partial charge in [0.2, 0.25) is 0 Å². The summed E-state index contributed by atoms with van der Waals surface area (Å²) in [5.41, 5.74) is 0.943. The van der Waals surface area contributed by atoms with E-state index in [0.717, 1.165) is 24.2 Å². The number of nitrogens with one attached hydrogen (secondary N) is 2. The zero-order valence-electron chi connectivity index (χ0n) is 12.8. The molecule has 2 amide bonds. The van der Waals surface area contributed by atoms with Gasteiger partial charge in [0.1, 0.15) is 0 Å². The second-order valence-electron chi connectivity index (χ2n) is 4.79. The first-order valence-electron chi connectivity index (χ1n) is 7.42. The number of amides is 2. The molecule has 0 bridgehead atoms. The van der Waals surface area contributed by atoms with Crippen LogP contribution in [0.3, 0.4) is 0 Å². The summed E-state index contributed by atoms with van der Waals surface area (Å²) in [6.07, 6.45) is -0.927. The average Bonchev–Trinajstić information content (AvgIpc) is 2.96. The highest BCUT2D eigenvalue weighted by atomic mass is 32.1. The highest BCUT2D eigenvalue weighted by molar-refractivity contribution is 7.19. The number of ether oxygens (including phenoxy) is 1. The van der Waals surface area contributed by atoms with Gasteiger partial charge in [-0.25, -0.2) is 18.6 Å². The Hall–Kier alpha value is -1.80. The number of hydrogen-bond donors (Lipinski definition) is 2. The Morgan fingerprint density at radius 2 is 2.22 bits per heavy atom. The Kier molecular flexibility index (Phi) is 6.66. The quantitative estimate of drug-likeness (QED) is 0.707. The standard InChI is InChI=1S/C15H19F2N3O2S/c1-2-22-9-4-3-8-18-15(21)20-11-7-5-6-10-12(11)23-14(19-10)13(16)17/h5-7,13H,2-4,8-9H2,1H3,(H2,18,20,21). The first-order chi connectivity index (χ1) is 11.1. The molecule has 0 spiro atoms. The number of benzene rings is 1. The summed E-state index contributed by atoms with van der Waals surface area (Å²) in [5.74, 6) is 0. The molecule has 0 aliphatic rings. The van der Waals surface area contributed by atoms with Crippen LogP contribution in [0.25, 0.3) is 10.2 Å². The van der Waals surface area contributed by atoms with Gasteiger partial charge in [-0.2, -0.15) is 0 Å². The van der Waals surface area contributed by atoms with Crippen molar-refractivity contribution in [3.05, 3.63) is 23.2 Å². The van der Waals surface area contributed by atoms with E-state index in [1.165, 1.54) is 0 Å². The number of rotatable bonds is 8. The largest absolute Gasteiger partial charge is 0.382 e. The van der Waals surface area contributed by atoms with Crippen LogP contribution >= 0.6 is 11.3 Å². The van der Waals surface area contributed by atoms with Crippen LogP contribution in [0.15, 0.2) is 18.2 Å². The fourth-order valence-corrected chi connectivity index (χ4v) is 2.89. The number of hydrogen-bond acceptors (Lipinski definition) is 4. The molecule has 2 aromatic rings. The third-order valence-corrected chi connectivity index (χ3v) is 4.18. The normalized spacial score (nSPS) is 11.1. The van der Waals surface area contributed by atoms with Crippen molar-refractivity contribution in [2.24, 2.45) is 0 Å². The van der Waals surface area contributed by atoms with Gasteiger partial charge in [0.25, 0.3) is 6.43 Å². The molecule has 8 heteroatoms. The minimum atomic E-state index is -2.61. The number of thiazole rings is 1. The molecule has 0 saturated carbocycles. The van der Waals surface area contributed by atoms with Crippen molar-refractivity contribution in [1.82, 2.24) is 10.3 Å². The van der Waals surface area contributed by atoms with Gasteiger partial charge in [-0.15, -0.1) is 11.3 Å². The lowest BCUT2D eigenvalue weighted by molar-refractivity contribution is 0.143. The van der Waals surface area contributed by atoms with Crippen molar-refractivity contribution in [3.63, 3.8) is 0 Å². The summed E-state index contributed by atoms with van der Waals surface area (Å²) in [7, 11) is 0. The Morgan fingerprint density at radius 1 is 1.39 bits per heavy atom. The van der Waals surface area contributed by atoms with E-state index in [1.54, 1.807) is 18.2 Å². The lowest BCUT2D eigenvalue weighted by Gasteiger charge is -2.08. The van der Waals surface area contributed by atoms with Gasteiger partial charge < -0.3 is 15.4 Å². The van der Waals surface area contributed by atoms with Crippen LogP contribution < -0.4 is 10.6 Å². The molecule has 1 aromatic heterocycles. The number of carbonyl (C=O) groups excluding carboxylic acids is 1. The average molecular weight is 343 g/mol.